The molecule has 0 radical (unpaired) electrons. The van der Waals surface area contributed by atoms with Crippen LogP contribution in [0.3, 0.4) is 0 Å². The molecule has 0 aromatic heterocycles. The van der Waals surface area contributed by atoms with Gasteiger partial charge in [-0.3, -0.25) is 5.84 Å². The lowest BCUT2D eigenvalue weighted by molar-refractivity contribution is 0.399. The van der Waals surface area contributed by atoms with E-state index in [1.54, 1.807) is 7.05 Å². The van der Waals surface area contributed by atoms with Crippen molar-refractivity contribution in [1.29, 1.82) is 0 Å². The zero-order valence-electron chi connectivity index (χ0n) is 3.58. The van der Waals surface area contributed by atoms with E-state index >= 15 is 0 Å². The van der Waals surface area contributed by atoms with E-state index in [9.17, 15) is 0 Å². The molecule has 0 aliphatic heterocycles. The maximum atomic E-state index is 4.75. The average Bonchev–Trinajstić information content (AvgIpc) is 1.61. The highest BCUT2D eigenvalue weighted by molar-refractivity contribution is 4.03. The number of hydrazine groups is 4. The van der Waals surface area contributed by atoms with Crippen molar-refractivity contribution in [2.75, 3.05) is 7.05 Å². The second kappa shape index (κ2) is 4.80. The number of nitrogens with one attached hydrogen (secondary N) is 4. The van der Waals surface area contributed by atoms with E-state index < -0.39 is 0 Å². The lowest BCUT2D eigenvalue weighted by Crippen LogP contribution is -2.51. The van der Waals surface area contributed by atoms with Gasteiger partial charge in [0.05, 0.1) is 0 Å². The van der Waals surface area contributed by atoms with Crippen molar-refractivity contribution in [3.8, 4) is 0 Å². The number of hydrogen-bond acceptors (Lipinski definition) is 5. The molecular formula is CH9N5. The van der Waals surface area contributed by atoms with Crippen LogP contribution >= 0.6 is 0 Å². The van der Waals surface area contributed by atoms with Gasteiger partial charge in [-0.15, -0.1) is 0 Å². The molecule has 0 heterocycles. The van der Waals surface area contributed by atoms with Crippen LogP contribution in [-0.4, -0.2) is 7.05 Å². The monoisotopic (exact) mass is 91.1 g/mol. The normalized spacial score (nSPS) is 9.00. The third-order valence-corrected chi connectivity index (χ3v) is 0.260. The maximum Gasteiger partial charge on any atom is -0.000111 e. The van der Waals surface area contributed by atoms with Crippen molar-refractivity contribution in [3.63, 3.8) is 0 Å². The molecule has 0 amide bonds. The molecule has 0 spiro atoms. The molecule has 6 N–H and O–H groups in total. The Balaban J connectivity index is 2.34. The molecule has 6 heavy (non-hydrogen) atoms. The fourth-order valence-corrected chi connectivity index (χ4v) is 0.0986. The summed E-state index contributed by atoms with van der Waals surface area (Å²) in [6, 6.07) is 0. The Bertz CT molecular complexity index is 15.9. The van der Waals surface area contributed by atoms with Crippen LogP contribution < -0.4 is 27.9 Å². The van der Waals surface area contributed by atoms with Crippen molar-refractivity contribution in [2.45, 2.75) is 0 Å². The van der Waals surface area contributed by atoms with E-state index in [4.69, 9.17) is 5.84 Å². The Hall–Kier alpha value is -0.200. The van der Waals surface area contributed by atoms with Crippen LogP contribution in [0, 0.1) is 0 Å². The number of hydrogen-bond donors (Lipinski definition) is 5. The molecule has 0 atom stereocenters. The molecule has 0 aromatic carbocycles. The molecule has 0 rings (SSSR count). The van der Waals surface area contributed by atoms with Crippen molar-refractivity contribution >= 4 is 0 Å². The highest BCUT2D eigenvalue weighted by Crippen LogP contribution is 1.13. The first kappa shape index (κ1) is 5.80. The molecule has 0 saturated heterocycles. The van der Waals surface area contributed by atoms with E-state index in [2.05, 4.69) is 22.0 Å². The summed E-state index contributed by atoms with van der Waals surface area (Å²) in [4.78, 5) is 0. The summed E-state index contributed by atoms with van der Waals surface area (Å²) in [6.07, 6.45) is 0. The summed E-state index contributed by atoms with van der Waals surface area (Å²) >= 11 is 0. The molecule has 0 unspecified atom stereocenters. The third-order valence-electron chi connectivity index (χ3n) is 0.260. The minimum Gasteiger partial charge on any atom is -0.257 e. The summed E-state index contributed by atoms with van der Waals surface area (Å²) in [5, 5.41) is 0. The van der Waals surface area contributed by atoms with Crippen LogP contribution in [0.4, 0.5) is 0 Å². The number of nitrogens with two attached hydrogens (primary N) is 1. The maximum absolute atomic E-state index is 4.75. The Morgan fingerprint density at radius 3 is 2.17 bits per heavy atom. The SMILES string of the molecule is CNNNNN. The first-order chi connectivity index (χ1) is 2.91. The second-order valence-electron chi connectivity index (χ2n) is 0.644. The van der Waals surface area contributed by atoms with Gasteiger partial charge in [-0.1, -0.05) is 0 Å². The van der Waals surface area contributed by atoms with Gasteiger partial charge in [0.15, 0.2) is 0 Å². The molecule has 5 nitrogen and oxygen atoms in total. The summed E-state index contributed by atoms with van der Waals surface area (Å²) in [5.74, 6) is 4.75. The zero-order valence-corrected chi connectivity index (χ0v) is 3.58. The lowest BCUT2D eigenvalue weighted by Gasteiger charge is -1.98. The Kier molecular flexibility index (Phi) is 4.64. The molecule has 0 aromatic rings. The zero-order chi connectivity index (χ0) is 4.83. The van der Waals surface area contributed by atoms with Crippen molar-refractivity contribution < 1.29 is 0 Å². The van der Waals surface area contributed by atoms with Gasteiger partial charge < -0.3 is 0 Å². The molecule has 0 fully saturated rings. The van der Waals surface area contributed by atoms with Crippen LogP contribution in [0.5, 0.6) is 0 Å². The lowest BCUT2D eigenvalue weighted by atomic mass is 11.5. The molecular weight excluding hydrogens is 82.0 g/mol. The first-order valence-corrected chi connectivity index (χ1v) is 1.54. The van der Waals surface area contributed by atoms with E-state index in [0.29, 0.717) is 0 Å². The molecule has 5 heteroatoms. The fourth-order valence-electron chi connectivity index (χ4n) is 0.0986. The smallest absolute Gasteiger partial charge is 0.000111 e. The summed E-state index contributed by atoms with van der Waals surface area (Å²) in [5.41, 5.74) is 9.54. The van der Waals surface area contributed by atoms with Crippen molar-refractivity contribution in [3.05, 3.63) is 0 Å². The van der Waals surface area contributed by atoms with Gasteiger partial charge in [-0.25, -0.2) is 5.43 Å². The van der Waals surface area contributed by atoms with Gasteiger partial charge in [-0.2, -0.15) is 16.6 Å². The van der Waals surface area contributed by atoms with Gasteiger partial charge in [0, 0.05) is 0 Å². The highest BCUT2D eigenvalue weighted by Gasteiger charge is 1.62. The summed E-state index contributed by atoms with van der Waals surface area (Å²) in [7, 11) is 1.71. The van der Waals surface area contributed by atoms with E-state index in [-0.39, 0.29) is 0 Å². The molecule has 0 saturated carbocycles. The Labute approximate surface area is 36.2 Å². The van der Waals surface area contributed by atoms with Gasteiger partial charge in [0.1, 0.15) is 0 Å². The molecule has 0 aliphatic rings. The standard InChI is InChI=1S/CH9N5/c1-3-5-6-4-2/h3-6H,2H2,1H3. The molecule has 38 valence electrons. The van der Waals surface area contributed by atoms with E-state index in [0.717, 1.165) is 0 Å². The van der Waals surface area contributed by atoms with E-state index in [1.807, 2.05) is 0 Å². The number of rotatable bonds is 3. The van der Waals surface area contributed by atoms with Crippen LogP contribution in [0.2, 0.25) is 0 Å². The Morgan fingerprint density at radius 1 is 1.33 bits per heavy atom. The van der Waals surface area contributed by atoms with Gasteiger partial charge >= 0.3 is 0 Å². The first-order valence-electron chi connectivity index (χ1n) is 1.54. The van der Waals surface area contributed by atoms with Crippen LogP contribution in [-0.2, 0) is 0 Å². The minimum absolute atomic E-state index is 1.71. The predicted octanol–water partition coefficient (Wildman–Crippen LogP) is -2.41. The van der Waals surface area contributed by atoms with Crippen LogP contribution in [0.1, 0.15) is 0 Å². The van der Waals surface area contributed by atoms with E-state index in [1.165, 1.54) is 0 Å². The third kappa shape index (κ3) is 3.80. The predicted molar refractivity (Wildman–Crippen MR) is 22.7 cm³/mol. The largest absolute Gasteiger partial charge is 0.257 e. The summed E-state index contributed by atoms with van der Waals surface area (Å²) < 4.78 is 0. The van der Waals surface area contributed by atoms with Gasteiger partial charge in [0.25, 0.3) is 0 Å². The minimum atomic E-state index is 1.71. The average molecular weight is 91.1 g/mol. The molecule has 0 bridgehead atoms. The molecule has 0 aliphatic carbocycles. The van der Waals surface area contributed by atoms with Crippen molar-refractivity contribution in [1.82, 2.24) is 22.0 Å². The van der Waals surface area contributed by atoms with Gasteiger partial charge in [0.2, 0.25) is 0 Å². The second-order valence-corrected chi connectivity index (χ2v) is 0.644. The highest BCUT2D eigenvalue weighted by atomic mass is 15.8. The quantitative estimate of drug-likeness (QED) is 0.152. The van der Waals surface area contributed by atoms with Crippen LogP contribution in [0.15, 0.2) is 0 Å². The fraction of sp³-hybridized carbons (Fsp3) is 1.00. The van der Waals surface area contributed by atoms with Crippen molar-refractivity contribution in [2.24, 2.45) is 5.84 Å². The Morgan fingerprint density at radius 2 is 2.00 bits per heavy atom. The van der Waals surface area contributed by atoms with Gasteiger partial charge in [-0.05, 0) is 7.05 Å². The summed E-state index contributed by atoms with van der Waals surface area (Å²) in [6.45, 7) is 0. The topological polar surface area (TPSA) is 74.1 Å². The van der Waals surface area contributed by atoms with Crippen LogP contribution in [0.25, 0.3) is 0 Å².